The van der Waals surface area contributed by atoms with Crippen molar-refractivity contribution in [3.05, 3.63) is 70.0 Å². The summed E-state index contributed by atoms with van der Waals surface area (Å²) < 4.78 is 14.1. The lowest BCUT2D eigenvalue weighted by Gasteiger charge is -2.31. The molecule has 0 heterocycles. The molecule has 2 rings (SSSR count). The highest BCUT2D eigenvalue weighted by atomic mass is 35.5. The molecule has 0 fully saturated rings. The molecule has 0 atom stereocenters. The van der Waals surface area contributed by atoms with Crippen LogP contribution in [-0.4, -0.2) is 11.8 Å². The van der Waals surface area contributed by atoms with Crippen LogP contribution in [0.15, 0.2) is 42.5 Å². The van der Waals surface area contributed by atoms with Crippen LogP contribution >= 0.6 is 34.8 Å². The minimum absolute atomic E-state index is 0.321. The van der Waals surface area contributed by atoms with E-state index < -0.39 is 5.41 Å². The van der Waals surface area contributed by atoms with Crippen molar-refractivity contribution in [3.8, 4) is 0 Å². The van der Waals surface area contributed by atoms with E-state index in [1.165, 1.54) is 6.07 Å². The van der Waals surface area contributed by atoms with E-state index >= 15 is 0 Å². The molecule has 0 spiro atoms. The molecule has 0 saturated heterocycles. The predicted molar refractivity (Wildman–Crippen MR) is 89.4 cm³/mol. The summed E-state index contributed by atoms with van der Waals surface area (Å²) in [6, 6.07) is 12.7. The van der Waals surface area contributed by atoms with E-state index in [0.717, 1.165) is 11.1 Å². The van der Waals surface area contributed by atoms with Gasteiger partial charge in [-0.1, -0.05) is 47.5 Å². The fourth-order valence-electron chi connectivity index (χ4n) is 2.39. The summed E-state index contributed by atoms with van der Waals surface area (Å²) in [5.41, 5.74) is 2.23. The van der Waals surface area contributed by atoms with Crippen LogP contribution in [0.4, 0.5) is 4.39 Å². The van der Waals surface area contributed by atoms with Crippen molar-refractivity contribution in [1.82, 2.24) is 0 Å². The normalized spacial score (nSPS) is 11.7. The molecule has 112 valence electrons. The van der Waals surface area contributed by atoms with Crippen LogP contribution < -0.4 is 0 Å². The molecular formula is C17H16Cl3F. The largest absolute Gasteiger partial charge is 0.207 e. The Kier molecular flexibility index (Phi) is 5.54. The lowest BCUT2D eigenvalue weighted by molar-refractivity contribution is 0.512. The Bertz CT molecular complexity index is 621. The summed E-state index contributed by atoms with van der Waals surface area (Å²) >= 11 is 18.2. The second-order valence-corrected chi connectivity index (χ2v) is 6.30. The summed E-state index contributed by atoms with van der Waals surface area (Å²) in [5.74, 6) is 0.319. The zero-order chi connectivity index (χ0) is 15.5. The van der Waals surface area contributed by atoms with Gasteiger partial charge < -0.3 is 0 Å². The molecule has 4 heteroatoms. The lowest BCUT2D eigenvalue weighted by atomic mass is 9.78. The van der Waals surface area contributed by atoms with E-state index in [4.69, 9.17) is 34.8 Å². The zero-order valence-electron chi connectivity index (χ0n) is 11.7. The fraction of sp³-hybridized carbons (Fsp3) is 0.294. The number of alkyl halides is 2. The molecule has 0 aliphatic heterocycles. The van der Waals surface area contributed by atoms with E-state index in [2.05, 4.69) is 6.07 Å². The Morgan fingerprint density at radius 3 is 2.33 bits per heavy atom. The molecular weight excluding hydrogens is 330 g/mol. The molecule has 0 nitrogen and oxygen atoms in total. The van der Waals surface area contributed by atoms with Gasteiger partial charge in [0.05, 0.1) is 0 Å². The van der Waals surface area contributed by atoms with Gasteiger partial charge >= 0.3 is 0 Å². The van der Waals surface area contributed by atoms with Crippen molar-refractivity contribution in [2.45, 2.75) is 18.8 Å². The van der Waals surface area contributed by atoms with Crippen molar-refractivity contribution in [2.24, 2.45) is 0 Å². The number of rotatable bonds is 5. The molecule has 2 aromatic carbocycles. The Labute approximate surface area is 139 Å². The van der Waals surface area contributed by atoms with Crippen LogP contribution in [-0.2, 0) is 11.8 Å². The number of hydrogen-bond donors (Lipinski definition) is 0. The molecule has 0 unspecified atom stereocenters. The number of aryl methyl sites for hydroxylation is 1. The smallest absolute Gasteiger partial charge is 0.127 e. The van der Waals surface area contributed by atoms with Crippen LogP contribution in [0.3, 0.4) is 0 Å². The van der Waals surface area contributed by atoms with Gasteiger partial charge in [0.25, 0.3) is 0 Å². The van der Waals surface area contributed by atoms with Crippen molar-refractivity contribution >= 4 is 34.8 Å². The molecule has 0 aromatic heterocycles. The minimum atomic E-state index is -0.496. The maximum absolute atomic E-state index is 14.1. The SMILES string of the molecule is Cc1cccc(C(CCl)(CCl)Cc2ccc(Cl)cc2F)c1. The van der Waals surface area contributed by atoms with Crippen molar-refractivity contribution < 1.29 is 4.39 Å². The quantitative estimate of drug-likeness (QED) is 0.606. The third-order valence-corrected chi connectivity index (χ3v) is 4.94. The number of halogens is 4. The van der Waals surface area contributed by atoms with Crippen LogP contribution in [0.1, 0.15) is 16.7 Å². The van der Waals surface area contributed by atoms with E-state index in [0.29, 0.717) is 28.8 Å². The third-order valence-electron chi connectivity index (χ3n) is 3.69. The average molecular weight is 346 g/mol. The molecule has 21 heavy (non-hydrogen) atoms. The summed E-state index contributed by atoms with van der Waals surface area (Å²) in [6.07, 6.45) is 0.437. The van der Waals surface area contributed by atoms with Gasteiger partial charge in [-0.25, -0.2) is 4.39 Å². The third kappa shape index (κ3) is 3.71. The molecule has 2 aromatic rings. The first kappa shape index (κ1) is 16.6. The zero-order valence-corrected chi connectivity index (χ0v) is 13.9. The second kappa shape index (κ2) is 7.00. The molecule has 0 amide bonds. The highest BCUT2D eigenvalue weighted by Gasteiger charge is 2.32. The second-order valence-electron chi connectivity index (χ2n) is 5.33. The van der Waals surface area contributed by atoms with Gasteiger partial charge in [0.1, 0.15) is 5.82 Å². The fourth-order valence-corrected chi connectivity index (χ4v) is 3.33. The van der Waals surface area contributed by atoms with Gasteiger partial charge in [-0.2, -0.15) is 0 Å². The van der Waals surface area contributed by atoms with Gasteiger partial charge in [-0.3, -0.25) is 0 Å². The molecule has 0 aliphatic rings. The van der Waals surface area contributed by atoms with E-state index in [1.54, 1.807) is 12.1 Å². The maximum Gasteiger partial charge on any atom is 0.127 e. The lowest BCUT2D eigenvalue weighted by Crippen LogP contribution is -2.33. The monoisotopic (exact) mass is 344 g/mol. The Morgan fingerprint density at radius 2 is 1.76 bits per heavy atom. The summed E-state index contributed by atoms with van der Waals surface area (Å²) in [4.78, 5) is 0. The van der Waals surface area contributed by atoms with Crippen molar-refractivity contribution in [3.63, 3.8) is 0 Å². The Balaban J connectivity index is 2.43. The minimum Gasteiger partial charge on any atom is -0.207 e. The number of benzene rings is 2. The maximum atomic E-state index is 14.1. The first-order chi connectivity index (χ1) is 10.0. The van der Waals surface area contributed by atoms with E-state index in [-0.39, 0.29) is 5.82 Å². The molecule has 0 saturated carbocycles. The highest BCUT2D eigenvalue weighted by Crippen LogP contribution is 2.33. The first-order valence-electron chi connectivity index (χ1n) is 6.64. The standard InChI is InChI=1S/C17H16Cl3F/c1-12-3-2-4-14(7-12)17(10-18,11-19)9-13-5-6-15(20)8-16(13)21/h2-8H,9-11H2,1H3. The van der Waals surface area contributed by atoms with Gasteiger partial charge in [-0.05, 0) is 36.6 Å². The van der Waals surface area contributed by atoms with E-state index in [1.807, 2.05) is 25.1 Å². The molecule has 0 bridgehead atoms. The van der Waals surface area contributed by atoms with Crippen LogP contribution in [0, 0.1) is 12.7 Å². The summed E-state index contributed by atoms with van der Waals surface area (Å²) in [5, 5.41) is 0.383. The topological polar surface area (TPSA) is 0 Å². The van der Waals surface area contributed by atoms with Gasteiger partial charge in [0.2, 0.25) is 0 Å². The summed E-state index contributed by atoms with van der Waals surface area (Å²) in [6.45, 7) is 2.01. The Morgan fingerprint density at radius 1 is 1.05 bits per heavy atom. The van der Waals surface area contributed by atoms with Gasteiger partial charge in [0, 0.05) is 22.2 Å². The first-order valence-corrected chi connectivity index (χ1v) is 8.08. The van der Waals surface area contributed by atoms with Crippen LogP contribution in [0.2, 0.25) is 5.02 Å². The van der Waals surface area contributed by atoms with Crippen molar-refractivity contribution in [2.75, 3.05) is 11.8 Å². The van der Waals surface area contributed by atoms with Crippen molar-refractivity contribution in [1.29, 1.82) is 0 Å². The number of hydrogen-bond acceptors (Lipinski definition) is 0. The predicted octanol–water partition coefficient (Wildman–Crippen LogP) is 5.75. The van der Waals surface area contributed by atoms with Crippen LogP contribution in [0.25, 0.3) is 0 Å². The van der Waals surface area contributed by atoms with Gasteiger partial charge in [0.15, 0.2) is 0 Å². The van der Waals surface area contributed by atoms with Gasteiger partial charge in [-0.15, -0.1) is 23.2 Å². The average Bonchev–Trinajstić information content (AvgIpc) is 2.47. The highest BCUT2D eigenvalue weighted by molar-refractivity contribution is 6.30. The summed E-state index contributed by atoms with van der Waals surface area (Å²) in [7, 11) is 0. The molecule has 0 N–H and O–H groups in total. The Hall–Kier alpha value is -0.760. The van der Waals surface area contributed by atoms with E-state index in [9.17, 15) is 4.39 Å². The molecule has 0 aliphatic carbocycles. The van der Waals surface area contributed by atoms with Crippen LogP contribution in [0.5, 0.6) is 0 Å². The molecule has 0 radical (unpaired) electrons.